The van der Waals surface area contributed by atoms with Crippen LogP contribution in [0.2, 0.25) is 0 Å². The number of allylic oxidation sites excluding steroid dienone is 5. The van der Waals surface area contributed by atoms with Gasteiger partial charge in [0.15, 0.2) is 0 Å². The van der Waals surface area contributed by atoms with Crippen molar-refractivity contribution in [1.82, 2.24) is 5.32 Å². The maximum Gasteiger partial charge on any atom is 0.249 e. The zero-order valence-corrected chi connectivity index (χ0v) is 36.8. The molecule has 4 N–H and O–H groups in total. The van der Waals surface area contributed by atoms with Crippen LogP contribution in [0.5, 0.6) is 0 Å². The molecule has 0 aliphatic rings. The molecular formula is C50H95NO4. The number of aliphatic hydroxyl groups is 3. The van der Waals surface area contributed by atoms with Gasteiger partial charge in [-0.3, -0.25) is 4.79 Å². The molecule has 3 atom stereocenters. The Balaban J connectivity index is 3.56. The van der Waals surface area contributed by atoms with Crippen molar-refractivity contribution in [3.8, 4) is 0 Å². The van der Waals surface area contributed by atoms with Crippen LogP contribution in [-0.2, 0) is 4.79 Å². The molecule has 0 aliphatic carbocycles. The van der Waals surface area contributed by atoms with Gasteiger partial charge in [0.25, 0.3) is 0 Å². The van der Waals surface area contributed by atoms with Crippen LogP contribution >= 0.6 is 0 Å². The van der Waals surface area contributed by atoms with Gasteiger partial charge in [-0.15, -0.1) is 0 Å². The fourth-order valence-electron chi connectivity index (χ4n) is 7.37. The average molecular weight is 774 g/mol. The fourth-order valence-corrected chi connectivity index (χ4v) is 7.37. The molecule has 0 aromatic heterocycles. The summed E-state index contributed by atoms with van der Waals surface area (Å²) in [5.74, 6) is -0.513. The summed E-state index contributed by atoms with van der Waals surface area (Å²) in [6, 6.07) is -0.812. The van der Waals surface area contributed by atoms with Gasteiger partial charge in [-0.25, -0.2) is 0 Å². The standard InChI is InChI=1S/C50H95NO4/c1-3-5-7-9-11-13-15-17-18-19-20-21-22-23-24-25-26-27-28-29-30-31-32-33-35-37-39-41-43-45-49(54)50(55)51-47(46-52)48(53)44-42-40-38-36-34-16-14-12-10-8-6-4-2/h23-24,34,36,42,44,47-49,52-54H,3-22,25-33,35,37-41,43,45-46H2,1-2H3,(H,51,55)/b24-23-,36-34+,44-42+. The number of hydrogen-bond acceptors (Lipinski definition) is 4. The highest BCUT2D eigenvalue weighted by molar-refractivity contribution is 5.80. The Morgan fingerprint density at radius 1 is 0.436 bits per heavy atom. The third-order valence-corrected chi connectivity index (χ3v) is 11.2. The Morgan fingerprint density at radius 3 is 1.11 bits per heavy atom. The number of amides is 1. The molecule has 0 aliphatic heterocycles. The van der Waals surface area contributed by atoms with Gasteiger partial charge < -0.3 is 20.6 Å². The molecule has 0 spiro atoms. The number of hydrogen-bond donors (Lipinski definition) is 4. The van der Waals surface area contributed by atoms with E-state index in [2.05, 4.69) is 43.5 Å². The number of rotatable bonds is 44. The van der Waals surface area contributed by atoms with E-state index < -0.39 is 24.2 Å². The van der Waals surface area contributed by atoms with Crippen LogP contribution in [0.25, 0.3) is 0 Å². The fraction of sp³-hybridized carbons (Fsp3) is 0.860. The summed E-state index contributed by atoms with van der Waals surface area (Å²) in [6.07, 6.45) is 57.8. The van der Waals surface area contributed by atoms with Crippen molar-refractivity contribution in [3.05, 3.63) is 36.5 Å². The van der Waals surface area contributed by atoms with Crippen LogP contribution < -0.4 is 5.32 Å². The lowest BCUT2D eigenvalue weighted by Gasteiger charge is -2.21. The maximum absolute atomic E-state index is 12.5. The smallest absolute Gasteiger partial charge is 0.249 e. The summed E-state index contributed by atoms with van der Waals surface area (Å²) in [7, 11) is 0. The minimum Gasteiger partial charge on any atom is -0.394 e. The number of carbonyl (C=O) groups is 1. The lowest BCUT2D eigenvalue weighted by Crippen LogP contribution is -2.48. The molecule has 0 bridgehead atoms. The summed E-state index contributed by atoms with van der Waals surface area (Å²) in [5, 5.41) is 33.1. The molecule has 0 heterocycles. The summed E-state index contributed by atoms with van der Waals surface area (Å²) in [6.45, 7) is 4.16. The highest BCUT2D eigenvalue weighted by Crippen LogP contribution is 2.16. The second-order valence-electron chi connectivity index (χ2n) is 16.7. The molecule has 0 rings (SSSR count). The molecule has 55 heavy (non-hydrogen) atoms. The van der Waals surface area contributed by atoms with Gasteiger partial charge in [-0.2, -0.15) is 0 Å². The Kier molecular flexibility index (Phi) is 44.1. The van der Waals surface area contributed by atoms with Gasteiger partial charge in [-0.05, 0) is 57.8 Å². The summed E-state index contributed by atoms with van der Waals surface area (Å²) >= 11 is 0. The molecule has 5 heteroatoms. The summed E-state index contributed by atoms with van der Waals surface area (Å²) in [5.41, 5.74) is 0. The highest BCUT2D eigenvalue weighted by Gasteiger charge is 2.22. The van der Waals surface area contributed by atoms with Gasteiger partial charge in [-0.1, -0.05) is 230 Å². The van der Waals surface area contributed by atoms with E-state index in [0.29, 0.717) is 6.42 Å². The first-order valence-electron chi connectivity index (χ1n) is 24.3. The predicted octanol–water partition coefficient (Wildman–Crippen LogP) is 14.3. The van der Waals surface area contributed by atoms with Crippen LogP contribution in [0.15, 0.2) is 36.5 Å². The maximum atomic E-state index is 12.5. The van der Waals surface area contributed by atoms with Crippen molar-refractivity contribution in [2.24, 2.45) is 0 Å². The Labute approximate surface area is 343 Å². The first-order chi connectivity index (χ1) is 27.1. The lowest BCUT2D eigenvalue weighted by atomic mass is 10.0. The highest BCUT2D eigenvalue weighted by atomic mass is 16.3. The van der Waals surface area contributed by atoms with Gasteiger partial charge in [0, 0.05) is 0 Å². The van der Waals surface area contributed by atoms with E-state index in [1.54, 1.807) is 6.08 Å². The minimum absolute atomic E-state index is 0.375. The Morgan fingerprint density at radius 2 is 0.745 bits per heavy atom. The molecule has 3 unspecified atom stereocenters. The average Bonchev–Trinajstić information content (AvgIpc) is 3.19. The molecule has 324 valence electrons. The lowest BCUT2D eigenvalue weighted by molar-refractivity contribution is -0.131. The third-order valence-electron chi connectivity index (χ3n) is 11.2. The van der Waals surface area contributed by atoms with Gasteiger partial charge >= 0.3 is 0 Å². The van der Waals surface area contributed by atoms with Crippen LogP contribution in [0.4, 0.5) is 0 Å². The number of carbonyl (C=O) groups excluding carboxylic acids is 1. The number of nitrogens with one attached hydrogen (secondary N) is 1. The van der Waals surface area contributed by atoms with E-state index in [-0.39, 0.29) is 6.61 Å². The molecule has 0 radical (unpaired) electrons. The van der Waals surface area contributed by atoms with E-state index >= 15 is 0 Å². The number of aliphatic hydroxyl groups excluding tert-OH is 3. The first-order valence-corrected chi connectivity index (χ1v) is 24.3. The molecule has 0 aromatic rings. The van der Waals surface area contributed by atoms with Crippen molar-refractivity contribution >= 4 is 5.91 Å². The van der Waals surface area contributed by atoms with Gasteiger partial charge in [0.05, 0.1) is 18.8 Å². The second-order valence-corrected chi connectivity index (χ2v) is 16.7. The topological polar surface area (TPSA) is 89.8 Å². The van der Waals surface area contributed by atoms with Gasteiger partial charge in [0.1, 0.15) is 6.10 Å². The van der Waals surface area contributed by atoms with Crippen molar-refractivity contribution in [2.75, 3.05) is 6.61 Å². The van der Waals surface area contributed by atoms with E-state index in [0.717, 1.165) is 38.5 Å². The third kappa shape index (κ3) is 40.6. The molecule has 0 aromatic carbocycles. The van der Waals surface area contributed by atoms with Crippen LogP contribution in [0.1, 0.15) is 251 Å². The zero-order valence-electron chi connectivity index (χ0n) is 36.8. The summed E-state index contributed by atoms with van der Waals surface area (Å²) < 4.78 is 0. The quantitative estimate of drug-likeness (QED) is 0.0367. The zero-order chi connectivity index (χ0) is 40.1. The number of unbranched alkanes of at least 4 members (excludes halogenated alkanes) is 32. The largest absolute Gasteiger partial charge is 0.394 e. The molecule has 0 saturated heterocycles. The van der Waals surface area contributed by atoms with E-state index in [1.165, 1.54) is 193 Å². The predicted molar refractivity (Wildman–Crippen MR) is 241 cm³/mol. The molecular weight excluding hydrogens is 679 g/mol. The van der Waals surface area contributed by atoms with Crippen molar-refractivity contribution < 1.29 is 20.1 Å². The van der Waals surface area contributed by atoms with Crippen molar-refractivity contribution in [2.45, 2.75) is 270 Å². The van der Waals surface area contributed by atoms with E-state index in [1.807, 2.05) is 6.08 Å². The monoisotopic (exact) mass is 774 g/mol. The molecule has 0 fully saturated rings. The second kappa shape index (κ2) is 45.3. The van der Waals surface area contributed by atoms with Crippen LogP contribution in [0, 0.1) is 0 Å². The van der Waals surface area contributed by atoms with E-state index in [9.17, 15) is 20.1 Å². The Bertz CT molecular complexity index is 855. The molecule has 1 amide bonds. The molecule has 5 nitrogen and oxygen atoms in total. The van der Waals surface area contributed by atoms with Crippen LogP contribution in [0.3, 0.4) is 0 Å². The van der Waals surface area contributed by atoms with Gasteiger partial charge in [0.2, 0.25) is 5.91 Å². The molecule has 0 saturated carbocycles. The SMILES string of the molecule is CCCCCCCC/C=C/CC/C=C/C(O)C(CO)NC(=O)C(O)CCCCCCCCCCCCCCC/C=C\CCCCCCCCCCCCCC. The first kappa shape index (κ1) is 53.6. The summed E-state index contributed by atoms with van der Waals surface area (Å²) in [4.78, 5) is 12.5. The van der Waals surface area contributed by atoms with Crippen molar-refractivity contribution in [3.63, 3.8) is 0 Å². The van der Waals surface area contributed by atoms with Crippen molar-refractivity contribution in [1.29, 1.82) is 0 Å². The van der Waals surface area contributed by atoms with E-state index in [4.69, 9.17) is 0 Å². The normalized spacial score (nSPS) is 13.8. The van der Waals surface area contributed by atoms with Crippen LogP contribution in [-0.4, -0.2) is 46.1 Å². The minimum atomic E-state index is -1.10. The Hall–Kier alpha value is -1.43.